The normalized spacial score (nSPS) is 25.9. The Balaban J connectivity index is 1.11. The number of hydrogen-bond donors (Lipinski definition) is 1. The van der Waals surface area contributed by atoms with E-state index in [1.807, 2.05) is 6.07 Å². The lowest BCUT2D eigenvalue weighted by molar-refractivity contribution is 0.00323. The number of carboxylic acid groups (broad SMARTS) is 1. The molecule has 3 aliphatic carbocycles. The Morgan fingerprint density at radius 2 is 1.98 bits per heavy atom. The van der Waals surface area contributed by atoms with Gasteiger partial charge in [0.05, 0.1) is 29.7 Å². The predicted octanol–water partition coefficient (Wildman–Crippen LogP) is 6.54. The molecule has 3 aromatic rings. The summed E-state index contributed by atoms with van der Waals surface area (Å²) in [5.74, 6) is 0.461. The number of rotatable bonds is 9. The van der Waals surface area contributed by atoms with Crippen molar-refractivity contribution in [3.05, 3.63) is 88.2 Å². The van der Waals surface area contributed by atoms with Crippen LogP contribution in [0.4, 0.5) is 5.69 Å². The molecule has 1 aliphatic heterocycles. The average Bonchev–Trinajstić information content (AvgIpc) is 3.23. The van der Waals surface area contributed by atoms with Crippen molar-refractivity contribution in [2.75, 3.05) is 37.5 Å². The Kier molecular flexibility index (Phi) is 9.26. The van der Waals surface area contributed by atoms with Gasteiger partial charge in [-0.05, 0) is 122 Å². The number of benzene rings is 2. The lowest BCUT2D eigenvalue weighted by Gasteiger charge is -2.47. The number of aromatic carboxylic acids is 1. The molecule has 48 heavy (non-hydrogen) atoms. The maximum atomic E-state index is 12.9. The lowest BCUT2D eigenvalue weighted by Crippen LogP contribution is -2.50. The SMILES string of the molecule is CO[C@@H](C1=CC[C@H](CS(=O)(=O)c2ncccn2)CC1)[C@@H]1CC[C@H]1CN1CC2(CCCc3cc(Cl)ccc32)COc2ccc(C(=O)O)cc21. The van der Waals surface area contributed by atoms with Gasteiger partial charge in [0.1, 0.15) is 5.75 Å². The molecule has 1 spiro atoms. The number of anilines is 1. The number of nitrogens with zero attached hydrogens (tertiary/aromatic N) is 3. The van der Waals surface area contributed by atoms with Crippen LogP contribution in [0.1, 0.15) is 66.4 Å². The summed E-state index contributed by atoms with van der Waals surface area (Å²) in [4.78, 5) is 22.4. The number of allylic oxidation sites excluding steroid dienone is 1. The molecule has 1 saturated carbocycles. The van der Waals surface area contributed by atoms with Crippen molar-refractivity contribution in [3.8, 4) is 5.75 Å². The second kappa shape index (κ2) is 13.4. The van der Waals surface area contributed by atoms with Gasteiger partial charge in [-0.25, -0.2) is 23.2 Å². The molecule has 9 nitrogen and oxygen atoms in total. The largest absolute Gasteiger partial charge is 0.490 e. The third-order valence-corrected chi connectivity index (χ3v) is 13.0. The molecule has 2 aromatic carbocycles. The van der Waals surface area contributed by atoms with Crippen LogP contribution in [0.15, 0.2) is 71.7 Å². The zero-order chi connectivity index (χ0) is 33.5. The van der Waals surface area contributed by atoms with E-state index >= 15 is 0 Å². The second-order valence-electron chi connectivity index (χ2n) is 14.0. The third kappa shape index (κ3) is 6.46. The summed E-state index contributed by atoms with van der Waals surface area (Å²) >= 11 is 6.42. The first-order valence-corrected chi connectivity index (χ1v) is 18.9. The van der Waals surface area contributed by atoms with Gasteiger partial charge in [0.15, 0.2) is 0 Å². The first-order chi connectivity index (χ1) is 23.2. The summed E-state index contributed by atoms with van der Waals surface area (Å²) in [7, 11) is -1.77. The summed E-state index contributed by atoms with van der Waals surface area (Å²) in [6.45, 7) is 2.01. The molecule has 0 saturated heterocycles. The Labute approximate surface area is 287 Å². The Morgan fingerprint density at radius 1 is 1.15 bits per heavy atom. The highest BCUT2D eigenvalue weighted by molar-refractivity contribution is 7.91. The highest BCUT2D eigenvalue weighted by atomic mass is 35.5. The highest BCUT2D eigenvalue weighted by Crippen LogP contribution is 2.48. The number of ether oxygens (including phenoxy) is 2. The third-order valence-electron chi connectivity index (χ3n) is 11.1. The van der Waals surface area contributed by atoms with Gasteiger partial charge in [-0.15, -0.1) is 0 Å². The molecular formula is C37H42ClN3O6S. The van der Waals surface area contributed by atoms with Crippen molar-refractivity contribution >= 4 is 33.1 Å². The number of methoxy groups -OCH3 is 1. The van der Waals surface area contributed by atoms with Crippen molar-refractivity contribution in [3.63, 3.8) is 0 Å². The van der Waals surface area contributed by atoms with Crippen molar-refractivity contribution in [1.29, 1.82) is 0 Å². The average molecular weight is 692 g/mol. The molecule has 5 atom stereocenters. The van der Waals surface area contributed by atoms with Gasteiger partial charge in [0, 0.05) is 43.0 Å². The molecule has 7 rings (SSSR count). The van der Waals surface area contributed by atoms with E-state index in [0.717, 1.165) is 68.7 Å². The van der Waals surface area contributed by atoms with Crippen LogP contribution in [0.2, 0.25) is 5.02 Å². The number of aromatic nitrogens is 2. The molecule has 11 heteroatoms. The van der Waals surface area contributed by atoms with Crippen LogP contribution < -0.4 is 9.64 Å². The predicted molar refractivity (Wildman–Crippen MR) is 184 cm³/mol. The second-order valence-corrected chi connectivity index (χ2v) is 16.3. The van der Waals surface area contributed by atoms with Crippen LogP contribution in [-0.2, 0) is 26.4 Å². The molecule has 4 aliphatic rings. The molecule has 254 valence electrons. The van der Waals surface area contributed by atoms with Crippen LogP contribution in [0, 0.1) is 17.8 Å². The van der Waals surface area contributed by atoms with Gasteiger partial charge in [-0.1, -0.05) is 23.7 Å². The smallest absolute Gasteiger partial charge is 0.335 e. The van der Waals surface area contributed by atoms with Gasteiger partial charge >= 0.3 is 5.97 Å². The van der Waals surface area contributed by atoms with E-state index in [9.17, 15) is 18.3 Å². The molecular weight excluding hydrogens is 650 g/mol. The van der Waals surface area contributed by atoms with E-state index in [2.05, 4.69) is 33.1 Å². The number of carbonyl (C=O) groups is 1. The minimum atomic E-state index is -3.55. The fourth-order valence-electron chi connectivity index (χ4n) is 8.50. The van der Waals surface area contributed by atoms with E-state index in [-0.39, 0.29) is 33.9 Å². The Morgan fingerprint density at radius 3 is 2.69 bits per heavy atom. The van der Waals surface area contributed by atoms with E-state index in [1.54, 1.807) is 31.4 Å². The fourth-order valence-corrected chi connectivity index (χ4v) is 10.2. The highest BCUT2D eigenvalue weighted by Gasteiger charge is 2.45. The van der Waals surface area contributed by atoms with Crippen LogP contribution >= 0.6 is 11.6 Å². The van der Waals surface area contributed by atoms with E-state index in [4.69, 9.17) is 21.1 Å². The molecule has 0 amide bonds. The van der Waals surface area contributed by atoms with Gasteiger partial charge < -0.3 is 19.5 Å². The molecule has 0 bridgehead atoms. The topological polar surface area (TPSA) is 119 Å². The summed E-state index contributed by atoms with van der Waals surface area (Å²) < 4.78 is 38.6. The number of carboxylic acids is 1. The molecule has 1 N–H and O–H groups in total. The number of sulfone groups is 1. The monoisotopic (exact) mass is 691 g/mol. The van der Waals surface area contributed by atoms with E-state index < -0.39 is 15.8 Å². The zero-order valence-corrected chi connectivity index (χ0v) is 28.8. The minimum Gasteiger partial charge on any atom is -0.490 e. The standard InChI is InChI=1S/C37H42ClN3O6S/c1-46-34(25-7-5-24(6-8-25)21-48(44,45)36-39-16-3-17-40-36)30-12-9-28(30)20-41-22-37(15-2-4-26-18-29(38)11-13-31(26)37)23-47-33-14-10-27(35(42)43)19-32(33)41/h3,7,10-11,13-14,16-19,24,28,30,34H,2,4-6,8-9,12,15,20-23H2,1H3,(H,42,43)/t24-,28-,30+,34-,37?/m0/s1. The summed E-state index contributed by atoms with van der Waals surface area (Å²) in [5.41, 5.74) is 4.62. The van der Waals surface area contributed by atoms with E-state index in [0.29, 0.717) is 30.6 Å². The van der Waals surface area contributed by atoms with Crippen molar-refractivity contribution in [2.24, 2.45) is 17.8 Å². The van der Waals surface area contributed by atoms with E-state index in [1.165, 1.54) is 29.1 Å². The first kappa shape index (κ1) is 33.0. The summed E-state index contributed by atoms with van der Waals surface area (Å²) in [6, 6.07) is 13.0. The fraction of sp³-hybridized carbons (Fsp3) is 0.486. The van der Waals surface area contributed by atoms with Crippen molar-refractivity contribution < 1.29 is 27.8 Å². The summed E-state index contributed by atoms with van der Waals surface area (Å²) in [5, 5.41) is 10.5. The Bertz CT molecular complexity index is 1820. The maximum Gasteiger partial charge on any atom is 0.335 e. The maximum absolute atomic E-state index is 12.9. The van der Waals surface area contributed by atoms with Crippen LogP contribution in [-0.4, -0.2) is 68.1 Å². The molecule has 1 unspecified atom stereocenters. The van der Waals surface area contributed by atoms with Gasteiger partial charge in [-0.3, -0.25) is 0 Å². The van der Waals surface area contributed by atoms with Gasteiger partial charge in [-0.2, -0.15) is 0 Å². The number of fused-ring (bicyclic) bond motifs is 3. The first-order valence-electron chi connectivity index (χ1n) is 16.9. The molecule has 1 aromatic heterocycles. The molecule has 1 fully saturated rings. The van der Waals surface area contributed by atoms with Gasteiger partial charge in [0.25, 0.3) is 0 Å². The van der Waals surface area contributed by atoms with Crippen molar-refractivity contribution in [1.82, 2.24) is 9.97 Å². The Hall–Kier alpha value is -3.47. The minimum absolute atomic E-state index is 0.0127. The van der Waals surface area contributed by atoms with Crippen molar-refractivity contribution in [2.45, 2.75) is 68.0 Å². The molecule has 2 heterocycles. The van der Waals surface area contributed by atoms with Crippen LogP contribution in [0.5, 0.6) is 5.75 Å². The quantitative estimate of drug-likeness (QED) is 0.197. The summed E-state index contributed by atoms with van der Waals surface area (Å²) in [6.07, 6.45) is 12.4. The number of aryl methyl sites for hydroxylation is 1. The van der Waals surface area contributed by atoms with Crippen LogP contribution in [0.25, 0.3) is 0 Å². The molecule has 0 radical (unpaired) electrons. The zero-order valence-electron chi connectivity index (χ0n) is 27.2. The number of hydrogen-bond acceptors (Lipinski definition) is 8. The van der Waals surface area contributed by atoms with Gasteiger partial charge in [0.2, 0.25) is 15.0 Å². The number of halogens is 1. The lowest BCUT2D eigenvalue weighted by atomic mass is 9.66. The van der Waals surface area contributed by atoms with Crippen LogP contribution in [0.3, 0.4) is 0 Å².